The molecule has 0 spiro atoms. The van der Waals surface area contributed by atoms with Crippen LogP contribution in [-0.2, 0) is 37.6 Å². The number of hydrogen-bond donors (Lipinski definition) is 1. The number of fused-ring (bicyclic) bond motifs is 1. The zero-order valence-corrected chi connectivity index (χ0v) is 31.0. The number of carbonyl (C=O) groups is 2. The van der Waals surface area contributed by atoms with E-state index in [9.17, 15) is 24.3 Å². The predicted octanol–water partition coefficient (Wildman–Crippen LogP) is 3.72. The predicted molar refractivity (Wildman–Crippen MR) is 183 cm³/mol. The van der Waals surface area contributed by atoms with Crippen LogP contribution in [0.2, 0.25) is 0 Å². The molecule has 5 aromatic rings. The van der Waals surface area contributed by atoms with Crippen LogP contribution in [0.5, 0.6) is 5.75 Å². The van der Waals surface area contributed by atoms with Crippen molar-refractivity contribution in [2.45, 2.75) is 105 Å². The molecule has 5 heterocycles. The molecule has 6 rings (SSSR count). The number of aliphatic hydroxyl groups is 1. The standard InChI is InChI=1S/C36H40FN5O12/c1-17-9-18(2)28(22(10-17)51-21(5)43)35(6,7)12-27(45)48-15-36(8)25(44)11-26(54-36)42-16-39-29-30(38-13-23-19(3)49-33(46)52-23)41(32(37)40-31(29)42)14-24-20(4)50-34(47)53-24/h9-10,16,25-26,44H,11-15H2,1-8H3/t25-,26+,36+/m0/s1. The summed E-state index contributed by atoms with van der Waals surface area (Å²) >= 11 is 0. The van der Waals surface area contributed by atoms with Crippen LogP contribution in [0, 0.1) is 33.8 Å². The molecule has 54 heavy (non-hydrogen) atoms. The number of halogens is 1. The molecule has 1 fully saturated rings. The summed E-state index contributed by atoms with van der Waals surface area (Å²) in [5, 5.41) is 11.2. The molecule has 17 nitrogen and oxygen atoms in total. The number of esters is 2. The van der Waals surface area contributed by atoms with Gasteiger partial charge in [-0.15, -0.1) is 0 Å². The molecule has 288 valence electrons. The normalized spacial score (nSPS) is 19.2. The van der Waals surface area contributed by atoms with Crippen molar-refractivity contribution in [1.29, 1.82) is 0 Å². The fraction of sp³-hybridized carbons (Fsp3) is 0.472. The summed E-state index contributed by atoms with van der Waals surface area (Å²) in [5.74, 6) is -2.19. The largest absolute Gasteiger partial charge is 0.519 e. The van der Waals surface area contributed by atoms with Crippen LogP contribution in [0.15, 0.2) is 50.7 Å². The quantitative estimate of drug-likeness (QED) is 0.116. The third-order valence-corrected chi connectivity index (χ3v) is 9.33. The first-order valence-electron chi connectivity index (χ1n) is 17.0. The van der Waals surface area contributed by atoms with E-state index in [-0.39, 0.29) is 72.2 Å². The fourth-order valence-corrected chi connectivity index (χ4v) is 6.76. The third-order valence-electron chi connectivity index (χ3n) is 9.33. The minimum atomic E-state index is -1.38. The Balaban J connectivity index is 1.25. The van der Waals surface area contributed by atoms with Crippen LogP contribution in [0.1, 0.15) is 86.5 Å². The van der Waals surface area contributed by atoms with Crippen LogP contribution in [0.3, 0.4) is 0 Å². The molecule has 1 N–H and O–H groups in total. The van der Waals surface area contributed by atoms with E-state index < -0.39 is 53.0 Å². The minimum absolute atomic E-state index is 0.00270. The zero-order valence-electron chi connectivity index (χ0n) is 31.0. The van der Waals surface area contributed by atoms with Gasteiger partial charge in [-0.2, -0.15) is 9.37 Å². The van der Waals surface area contributed by atoms with E-state index in [0.717, 1.165) is 15.7 Å². The van der Waals surface area contributed by atoms with Crippen molar-refractivity contribution in [3.63, 3.8) is 0 Å². The van der Waals surface area contributed by atoms with E-state index in [1.54, 1.807) is 13.0 Å². The summed E-state index contributed by atoms with van der Waals surface area (Å²) in [6.45, 7) is 12.4. The topological polar surface area (TPSA) is 217 Å². The van der Waals surface area contributed by atoms with Crippen molar-refractivity contribution >= 4 is 23.1 Å². The van der Waals surface area contributed by atoms with Crippen molar-refractivity contribution in [3.05, 3.63) is 91.0 Å². The van der Waals surface area contributed by atoms with Crippen molar-refractivity contribution in [2.24, 2.45) is 4.99 Å². The summed E-state index contributed by atoms with van der Waals surface area (Å²) in [5.41, 5.74) is 0.298. The first kappa shape index (κ1) is 38.1. The second-order valence-electron chi connectivity index (χ2n) is 14.2. The van der Waals surface area contributed by atoms with E-state index >= 15 is 4.39 Å². The molecule has 3 atom stereocenters. The minimum Gasteiger partial charge on any atom is -0.462 e. The van der Waals surface area contributed by atoms with Gasteiger partial charge >= 0.3 is 23.6 Å². The Kier molecular flexibility index (Phi) is 10.1. The van der Waals surface area contributed by atoms with Crippen molar-refractivity contribution in [1.82, 2.24) is 19.1 Å². The molecule has 4 aromatic heterocycles. The Hall–Kier alpha value is -5.62. The highest BCUT2D eigenvalue weighted by Gasteiger charge is 2.47. The van der Waals surface area contributed by atoms with Gasteiger partial charge in [0.15, 0.2) is 28.2 Å². The van der Waals surface area contributed by atoms with Crippen LogP contribution >= 0.6 is 0 Å². The van der Waals surface area contributed by atoms with Crippen LogP contribution in [-0.4, -0.2) is 54.5 Å². The van der Waals surface area contributed by atoms with Crippen LogP contribution in [0.25, 0.3) is 11.2 Å². The number of aryl methyl sites for hydroxylation is 4. The summed E-state index contributed by atoms with van der Waals surface area (Å²) < 4.78 is 55.8. The van der Waals surface area contributed by atoms with Gasteiger partial charge in [0.25, 0.3) is 6.08 Å². The van der Waals surface area contributed by atoms with E-state index in [0.29, 0.717) is 11.3 Å². The van der Waals surface area contributed by atoms with E-state index in [1.165, 1.54) is 31.7 Å². The smallest absolute Gasteiger partial charge is 0.462 e. The number of rotatable bonds is 11. The molecule has 0 saturated carbocycles. The van der Waals surface area contributed by atoms with Gasteiger partial charge < -0.3 is 37.0 Å². The lowest BCUT2D eigenvalue weighted by Gasteiger charge is -2.30. The SMILES string of the molecule is CC(=O)Oc1cc(C)cc(C)c1C(C)(C)CC(=O)OC[C@@]1(C)O[C@@H](n2cnc3c(=NCc4oc(=O)oc4C)n(Cc4oc(=O)oc4C)c(F)nc32)C[C@@H]1O. The van der Waals surface area contributed by atoms with Gasteiger partial charge in [0.2, 0.25) is 0 Å². The second-order valence-corrected chi connectivity index (χ2v) is 14.2. The Morgan fingerprint density at radius 1 is 1.07 bits per heavy atom. The van der Waals surface area contributed by atoms with E-state index in [4.69, 9.17) is 31.9 Å². The molecule has 0 unspecified atom stereocenters. The average Bonchev–Trinajstić information content (AvgIpc) is 3.79. The van der Waals surface area contributed by atoms with Crippen molar-refractivity contribution in [2.75, 3.05) is 6.61 Å². The number of aliphatic hydroxyl groups excluding tert-OH is 1. The molecule has 1 aliphatic rings. The van der Waals surface area contributed by atoms with Gasteiger partial charge in [-0.3, -0.25) is 23.7 Å². The van der Waals surface area contributed by atoms with Crippen molar-refractivity contribution in [3.8, 4) is 5.75 Å². The van der Waals surface area contributed by atoms with Crippen LogP contribution < -0.4 is 21.9 Å². The Bertz CT molecular complexity index is 2450. The summed E-state index contributed by atoms with van der Waals surface area (Å²) in [4.78, 5) is 61.5. The molecule has 0 amide bonds. The Labute approximate surface area is 306 Å². The van der Waals surface area contributed by atoms with Gasteiger partial charge in [-0.25, -0.2) is 14.6 Å². The van der Waals surface area contributed by atoms with Gasteiger partial charge in [0.1, 0.15) is 42.3 Å². The highest BCUT2D eigenvalue weighted by atomic mass is 19.1. The third kappa shape index (κ3) is 7.56. The maximum Gasteiger partial charge on any atom is 0.519 e. The lowest BCUT2D eigenvalue weighted by molar-refractivity contribution is -0.163. The summed E-state index contributed by atoms with van der Waals surface area (Å²) in [6.07, 6.45) is -1.83. The van der Waals surface area contributed by atoms with Gasteiger partial charge in [-0.1, -0.05) is 19.9 Å². The molecule has 1 saturated heterocycles. The summed E-state index contributed by atoms with van der Waals surface area (Å²) in [6, 6.07) is 3.69. The lowest BCUT2D eigenvalue weighted by atomic mass is 9.78. The molecule has 1 aromatic carbocycles. The monoisotopic (exact) mass is 753 g/mol. The first-order valence-corrected chi connectivity index (χ1v) is 17.0. The first-order chi connectivity index (χ1) is 25.3. The van der Waals surface area contributed by atoms with Crippen LogP contribution in [0.4, 0.5) is 4.39 Å². The molecule has 0 bridgehead atoms. The number of hydrogen-bond acceptors (Lipinski definition) is 15. The van der Waals surface area contributed by atoms with Crippen molar-refractivity contribution < 1.29 is 51.0 Å². The second kappa shape index (κ2) is 14.3. The van der Waals surface area contributed by atoms with Gasteiger partial charge in [0, 0.05) is 24.3 Å². The highest BCUT2D eigenvalue weighted by molar-refractivity contribution is 5.74. The van der Waals surface area contributed by atoms with E-state index in [1.807, 2.05) is 33.8 Å². The highest BCUT2D eigenvalue weighted by Crippen LogP contribution is 2.40. The number of benzene rings is 1. The maximum atomic E-state index is 15.9. The number of aromatic nitrogens is 4. The molecule has 0 radical (unpaired) electrons. The Morgan fingerprint density at radius 3 is 2.37 bits per heavy atom. The lowest BCUT2D eigenvalue weighted by Crippen LogP contribution is -2.42. The number of nitrogens with zero attached hydrogens (tertiary/aromatic N) is 5. The Morgan fingerprint density at radius 2 is 1.74 bits per heavy atom. The molecule has 18 heteroatoms. The number of carbonyl (C=O) groups excluding carboxylic acids is 2. The number of ether oxygens (including phenoxy) is 3. The zero-order chi connectivity index (χ0) is 39.3. The molecular weight excluding hydrogens is 713 g/mol. The summed E-state index contributed by atoms with van der Waals surface area (Å²) in [7, 11) is 0. The maximum absolute atomic E-state index is 15.9. The average molecular weight is 754 g/mol. The fourth-order valence-electron chi connectivity index (χ4n) is 6.76. The van der Waals surface area contributed by atoms with Gasteiger partial charge in [-0.05, 0) is 51.8 Å². The molecular formula is C36H40FN5O12. The van der Waals surface area contributed by atoms with E-state index in [2.05, 4.69) is 15.0 Å². The molecule has 0 aliphatic carbocycles. The number of imidazole rings is 1. The van der Waals surface area contributed by atoms with Gasteiger partial charge in [0.05, 0.1) is 25.4 Å². The molecule has 1 aliphatic heterocycles.